The van der Waals surface area contributed by atoms with Crippen LogP contribution in [0.1, 0.15) is 46.1 Å². The summed E-state index contributed by atoms with van der Waals surface area (Å²) < 4.78 is 11.7. The molecular weight excluding hydrogens is 901 g/mol. The Morgan fingerprint density at radius 3 is 1.40 bits per heavy atom. The van der Waals surface area contributed by atoms with Gasteiger partial charge in [0.2, 0.25) is 0 Å². The first kappa shape index (κ1) is 48.2. The molecule has 1 rings (SSSR count). The third-order valence-electron chi connectivity index (χ3n) is 7.69. The fourth-order valence-electron chi connectivity index (χ4n) is 4.38. The maximum absolute atomic E-state index is 6.70. The van der Waals surface area contributed by atoms with Crippen molar-refractivity contribution < 1.29 is 9.47 Å². The van der Waals surface area contributed by atoms with Gasteiger partial charge in [0.05, 0.1) is 89.2 Å². The van der Waals surface area contributed by atoms with Crippen molar-refractivity contribution in [2.75, 3.05) is 6.61 Å². The zero-order valence-corrected chi connectivity index (χ0v) is 36.7. The van der Waals surface area contributed by atoms with Gasteiger partial charge < -0.3 is 9.47 Å². The van der Waals surface area contributed by atoms with Gasteiger partial charge in [0, 0.05) is 0 Å². The van der Waals surface area contributed by atoms with Crippen molar-refractivity contribution in [3.8, 4) is 0 Å². The number of hydrogen-bond acceptors (Lipinski definition) is 2. The maximum Gasteiger partial charge on any atom is 0.148 e. The lowest BCUT2D eigenvalue weighted by Gasteiger charge is -2.35. The van der Waals surface area contributed by atoms with E-state index in [9.17, 15) is 0 Å². The molecule has 0 fully saturated rings. The third-order valence-corrected chi connectivity index (χ3v) is 16.9. The van der Waals surface area contributed by atoms with E-state index in [2.05, 4.69) is 0 Å². The van der Waals surface area contributed by atoms with Crippen molar-refractivity contribution in [2.45, 2.75) is 129 Å². The molecule has 16 heteroatoms. The Bertz CT molecular complexity index is 967. The van der Waals surface area contributed by atoms with Crippen molar-refractivity contribution in [3.63, 3.8) is 0 Å². The summed E-state index contributed by atoms with van der Waals surface area (Å²) in [5, 5.41) is -10.1. The van der Waals surface area contributed by atoms with E-state index >= 15 is 0 Å². The quantitative estimate of drug-likeness (QED) is 0.102. The van der Waals surface area contributed by atoms with E-state index in [0.717, 1.165) is 12.0 Å². The highest BCUT2D eigenvalue weighted by Gasteiger charge is 2.44. The number of hydrogen-bond donors (Lipinski definition) is 0. The van der Waals surface area contributed by atoms with Gasteiger partial charge in [-0.3, -0.25) is 0 Å². The molecule has 0 aliphatic carbocycles. The van der Waals surface area contributed by atoms with Gasteiger partial charge in [-0.25, -0.2) is 0 Å². The first-order valence-electron chi connectivity index (χ1n) is 15.1. The molecule has 2 nitrogen and oxygen atoms in total. The Morgan fingerprint density at radius 2 is 0.936 bits per heavy atom. The molecule has 16 atom stereocenters. The Hall–Kier alpha value is 3.20. The van der Waals surface area contributed by atoms with Crippen molar-refractivity contribution in [2.24, 2.45) is 11.8 Å². The highest BCUT2D eigenvalue weighted by atomic mass is 35.5. The summed E-state index contributed by atoms with van der Waals surface area (Å²) in [7, 11) is 0. The summed E-state index contributed by atoms with van der Waals surface area (Å²) >= 11 is 92.5. The van der Waals surface area contributed by atoms with Crippen molar-refractivity contribution in [1.82, 2.24) is 0 Å². The lowest BCUT2D eigenvalue weighted by Crippen LogP contribution is -2.47. The maximum atomic E-state index is 6.70. The van der Waals surface area contributed by atoms with Gasteiger partial charge in [-0.05, 0) is 30.2 Å². The monoisotopic (exact) mass is 936 g/mol. The molecule has 0 bridgehead atoms. The van der Waals surface area contributed by atoms with Crippen LogP contribution in [0.15, 0.2) is 30.3 Å². The zero-order chi connectivity index (χ0) is 36.2. The fourth-order valence-corrected chi connectivity index (χ4v) is 9.46. The smallest absolute Gasteiger partial charge is 0.148 e. The van der Waals surface area contributed by atoms with Gasteiger partial charge in [-0.1, -0.05) is 69.6 Å². The molecule has 0 radical (unpaired) electrons. The van der Waals surface area contributed by atoms with Crippen molar-refractivity contribution in [3.05, 3.63) is 35.9 Å². The van der Waals surface area contributed by atoms with Crippen LogP contribution in [0.5, 0.6) is 0 Å². The molecule has 1 aromatic carbocycles. The molecule has 0 saturated carbocycles. The lowest BCUT2D eigenvalue weighted by atomic mass is 9.92. The lowest BCUT2D eigenvalue weighted by molar-refractivity contribution is -0.0346. The molecule has 0 spiro atoms. The first-order chi connectivity index (χ1) is 21.9. The molecule has 0 heterocycles. The molecule has 0 amide bonds. The zero-order valence-electron chi connectivity index (χ0n) is 26.1. The van der Waals surface area contributed by atoms with Crippen LogP contribution in [0, 0.1) is 11.8 Å². The van der Waals surface area contributed by atoms with Crippen LogP contribution in [-0.4, -0.2) is 88.2 Å². The Morgan fingerprint density at radius 1 is 0.511 bits per heavy atom. The average molecular weight is 943 g/mol. The molecule has 47 heavy (non-hydrogen) atoms. The largest absolute Gasteiger partial charge is 0.371 e. The summed E-state index contributed by atoms with van der Waals surface area (Å²) in [5.41, 5.74) is 0.136. The average Bonchev–Trinajstić information content (AvgIpc) is 3.07. The first-order valence-corrected chi connectivity index (χ1v) is 21.2. The molecule has 0 aliphatic rings. The minimum atomic E-state index is -0.961. The minimum Gasteiger partial charge on any atom is -0.371 e. The van der Waals surface area contributed by atoms with Crippen LogP contribution >= 0.6 is 162 Å². The fraction of sp³-hybridized carbons (Fsp3) is 0.806. The van der Waals surface area contributed by atoms with Crippen LogP contribution in [-0.2, 0) is 16.1 Å². The SMILES string of the molecule is CCC(COC(Cl)C(Cl)C(Cl)CC(Cl)C(Cl)C(Cl)C(Cl)C(Cl)C(Cl)C(Cl)C(Cl)C(C)C(Cl)C(Cl)C(Cl)C(C)C)OCc1ccccc1. The summed E-state index contributed by atoms with van der Waals surface area (Å²) in [5.74, 6) is -0.276. The van der Waals surface area contributed by atoms with Crippen LogP contribution in [0.4, 0.5) is 0 Å². The van der Waals surface area contributed by atoms with Crippen LogP contribution in [0.25, 0.3) is 0 Å². The Labute approximate surface area is 351 Å². The molecule has 0 saturated heterocycles. The summed E-state index contributed by atoms with van der Waals surface area (Å²) in [6.45, 7) is 8.39. The highest BCUT2D eigenvalue weighted by Crippen LogP contribution is 2.39. The predicted octanol–water partition coefficient (Wildman–Crippen LogP) is 13.1. The van der Waals surface area contributed by atoms with E-state index in [0.29, 0.717) is 6.61 Å². The number of halogens is 14. The van der Waals surface area contributed by atoms with E-state index in [4.69, 9.17) is 172 Å². The summed E-state index contributed by atoms with van der Waals surface area (Å²) in [6, 6.07) is 9.83. The Balaban J connectivity index is 2.68. The van der Waals surface area contributed by atoms with E-state index in [1.165, 1.54) is 0 Å². The third kappa shape index (κ3) is 15.8. The molecule has 276 valence electrons. The molecule has 1 aromatic rings. The van der Waals surface area contributed by atoms with E-state index in [1.807, 2.05) is 58.0 Å². The molecule has 0 aromatic heterocycles. The number of benzene rings is 1. The summed E-state index contributed by atoms with van der Waals surface area (Å²) in [6.07, 6.45) is 0.670. The second-order valence-electron chi connectivity index (χ2n) is 11.8. The standard InChI is InChI=1S/C31H42Cl14O2/c1-5-17(46-12-16-9-7-6-8-10-16)13-47-31(45)24(38)19(33)11-18(32)23(37)27(41)29(43)30(44)28(42)26(40)22(36)15(4)21(35)25(39)20(34)14(2)3/h6-10,14-15,17-31H,5,11-13H2,1-4H3. The summed E-state index contributed by atoms with van der Waals surface area (Å²) in [4.78, 5) is 0. The van der Waals surface area contributed by atoms with Gasteiger partial charge in [0.1, 0.15) is 5.56 Å². The van der Waals surface area contributed by atoms with Gasteiger partial charge in [0.15, 0.2) is 0 Å². The van der Waals surface area contributed by atoms with Crippen LogP contribution in [0.2, 0.25) is 0 Å². The topological polar surface area (TPSA) is 18.5 Å². The van der Waals surface area contributed by atoms with Gasteiger partial charge >= 0.3 is 0 Å². The predicted molar refractivity (Wildman–Crippen MR) is 215 cm³/mol. The van der Waals surface area contributed by atoms with Gasteiger partial charge in [0.25, 0.3) is 0 Å². The molecule has 0 N–H and O–H groups in total. The van der Waals surface area contributed by atoms with Crippen molar-refractivity contribution >= 4 is 162 Å². The van der Waals surface area contributed by atoms with E-state index < -0.39 is 70.1 Å². The van der Waals surface area contributed by atoms with Crippen molar-refractivity contribution in [1.29, 1.82) is 0 Å². The van der Waals surface area contributed by atoms with E-state index in [1.54, 1.807) is 0 Å². The minimum absolute atomic E-state index is 0.103. The highest BCUT2D eigenvalue weighted by molar-refractivity contribution is 6.43. The normalized spacial score (nSPS) is 22.9. The van der Waals surface area contributed by atoms with Crippen LogP contribution in [0.3, 0.4) is 0 Å². The number of rotatable bonds is 23. The molecular formula is C31H42Cl14O2. The second-order valence-corrected chi connectivity index (χ2v) is 18.9. The molecule has 0 aliphatic heterocycles. The Kier molecular flexibility index (Phi) is 25.2. The van der Waals surface area contributed by atoms with Gasteiger partial charge in [-0.15, -0.1) is 151 Å². The van der Waals surface area contributed by atoms with Crippen LogP contribution < -0.4 is 0 Å². The van der Waals surface area contributed by atoms with Gasteiger partial charge in [-0.2, -0.15) is 0 Å². The number of alkyl halides is 14. The van der Waals surface area contributed by atoms with E-state index in [-0.39, 0.29) is 36.3 Å². The molecule has 16 unspecified atom stereocenters. The number of ether oxygens (including phenoxy) is 2. The second kappa shape index (κ2) is 24.6.